The highest BCUT2D eigenvalue weighted by atomic mass is 79.9. The van der Waals surface area contributed by atoms with Gasteiger partial charge in [0.25, 0.3) is 0 Å². The third kappa shape index (κ3) is 4.08. The highest BCUT2D eigenvalue weighted by molar-refractivity contribution is 9.09. The monoisotopic (exact) mass is 343 g/mol. The lowest BCUT2D eigenvalue weighted by Gasteiger charge is -2.12. The summed E-state index contributed by atoms with van der Waals surface area (Å²) in [7, 11) is 0. The second kappa shape index (κ2) is 6.69. The number of hydrogen-bond acceptors (Lipinski definition) is 2. The van der Waals surface area contributed by atoms with Crippen molar-refractivity contribution in [2.24, 2.45) is 5.92 Å². The normalized spacial score (nSPS) is 12.6. The summed E-state index contributed by atoms with van der Waals surface area (Å²) in [6.07, 6.45) is 2.09. The van der Waals surface area contributed by atoms with Crippen LogP contribution in [0.1, 0.15) is 16.3 Å². The van der Waals surface area contributed by atoms with E-state index in [4.69, 9.17) is 11.6 Å². The van der Waals surface area contributed by atoms with Crippen molar-refractivity contribution < 1.29 is 0 Å². The minimum absolute atomic E-state index is 0.580. The van der Waals surface area contributed by atoms with Crippen LogP contribution in [0.15, 0.2) is 29.6 Å². The van der Waals surface area contributed by atoms with Gasteiger partial charge in [0.2, 0.25) is 0 Å². The van der Waals surface area contributed by atoms with Crippen LogP contribution in [0.4, 0.5) is 0 Å². The molecule has 0 aliphatic rings. The van der Waals surface area contributed by atoms with Gasteiger partial charge in [-0.2, -0.15) is 0 Å². The van der Waals surface area contributed by atoms with Gasteiger partial charge in [0.1, 0.15) is 0 Å². The molecule has 4 heteroatoms. The van der Waals surface area contributed by atoms with E-state index in [0.717, 1.165) is 28.9 Å². The first kappa shape index (κ1) is 14.0. The Kier molecular flexibility index (Phi) is 5.22. The SMILES string of the molecule is Cc1csc(CC(CBr)Cc2ccc(Cl)cc2)n1. The van der Waals surface area contributed by atoms with E-state index in [1.54, 1.807) is 11.3 Å². The maximum Gasteiger partial charge on any atom is 0.0931 e. The summed E-state index contributed by atoms with van der Waals surface area (Å²) in [6.45, 7) is 2.04. The fourth-order valence-electron chi connectivity index (χ4n) is 1.88. The van der Waals surface area contributed by atoms with Crippen molar-refractivity contribution in [3.63, 3.8) is 0 Å². The molecule has 0 aliphatic carbocycles. The molecule has 1 atom stereocenters. The van der Waals surface area contributed by atoms with Crippen molar-refractivity contribution in [1.82, 2.24) is 4.98 Å². The van der Waals surface area contributed by atoms with Crippen molar-refractivity contribution in [3.8, 4) is 0 Å². The van der Waals surface area contributed by atoms with E-state index in [-0.39, 0.29) is 0 Å². The largest absolute Gasteiger partial charge is 0.247 e. The summed E-state index contributed by atoms with van der Waals surface area (Å²) in [5.74, 6) is 0.580. The average Bonchev–Trinajstić information content (AvgIpc) is 2.77. The lowest BCUT2D eigenvalue weighted by molar-refractivity contribution is 0.589. The molecule has 0 N–H and O–H groups in total. The van der Waals surface area contributed by atoms with Crippen LogP contribution in [-0.2, 0) is 12.8 Å². The second-order valence-electron chi connectivity index (χ2n) is 4.44. The lowest BCUT2D eigenvalue weighted by atomic mass is 9.98. The molecule has 1 heterocycles. The van der Waals surface area contributed by atoms with E-state index in [1.807, 2.05) is 19.1 Å². The Morgan fingerprint density at radius 3 is 2.56 bits per heavy atom. The zero-order valence-electron chi connectivity index (χ0n) is 10.2. The standard InChI is InChI=1S/C14H15BrClNS/c1-10-9-18-14(17-10)7-12(8-15)6-11-2-4-13(16)5-3-11/h2-5,9,12H,6-8H2,1H3. The summed E-state index contributed by atoms with van der Waals surface area (Å²) >= 11 is 11.3. The van der Waals surface area contributed by atoms with Crippen LogP contribution in [0.2, 0.25) is 5.02 Å². The average molecular weight is 345 g/mol. The van der Waals surface area contributed by atoms with Crippen molar-refractivity contribution in [3.05, 3.63) is 50.9 Å². The first-order chi connectivity index (χ1) is 8.67. The molecule has 1 aromatic carbocycles. The van der Waals surface area contributed by atoms with Crippen molar-refractivity contribution in [1.29, 1.82) is 0 Å². The third-order valence-corrected chi connectivity index (χ3v) is 4.94. The Labute approximate surface area is 125 Å². The minimum atomic E-state index is 0.580. The molecule has 0 aliphatic heterocycles. The van der Waals surface area contributed by atoms with E-state index >= 15 is 0 Å². The summed E-state index contributed by atoms with van der Waals surface area (Å²) in [5, 5.41) is 5.13. The van der Waals surface area contributed by atoms with Gasteiger partial charge in [0, 0.05) is 27.8 Å². The van der Waals surface area contributed by atoms with Crippen LogP contribution in [-0.4, -0.2) is 10.3 Å². The molecule has 1 nitrogen and oxygen atoms in total. The topological polar surface area (TPSA) is 12.9 Å². The molecule has 1 aromatic heterocycles. The van der Waals surface area contributed by atoms with Gasteiger partial charge in [-0.1, -0.05) is 39.7 Å². The fourth-order valence-corrected chi connectivity index (χ4v) is 3.35. The van der Waals surface area contributed by atoms with Crippen LogP contribution in [0.3, 0.4) is 0 Å². The van der Waals surface area contributed by atoms with Crippen molar-refractivity contribution >= 4 is 38.9 Å². The molecule has 2 rings (SSSR count). The maximum atomic E-state index is 5.90. The van der Waals surface area contributed by atoms with Gasteiger partial charge in [0.05, 0.1) is 5.01 Å². The van der Waals surface area contributed by atoms with Gasteiger partial charge in [-0.3, -0.25) is 0 Å². The fraction of sp³-hybridized carbons (Fsp3) is 0.357. The smallest absolute Gasteiger partial charge is 0.0931 e. The summed E-state index contributed by atoms with van der Waals surface area (Å²) in [6, 6.07) is 8.11. The summed E-state index contributed by atoms with van der Waals surface area (Å²) in [4.78, 5) is 4.53. The molecule has 0 spiro atoms. The van der Waals surface area contributed by atoms with Crippen LogP contribution in [0.5, 0.6) is 0 Å². The van der Waals surface area contributed by atoms with Gasteiger partial charge in [-0.25, -0.2) is 4.98 Å². The van der Waals surface area contributed by atoms with E-state index in [1.165, 1.54) is 10.6 Å². The molecule has 0 saturated heterocycles. The number of halogens is 2. The summed E-state index contributed by atoms with van der Waals surface area (Å²) < 4.78 is 0. The zero-order chi connectivity index (χ0) is 13.0. The molecular formula is C14H15BrClNS. The molecule has 2 aromatic rings. The first-order valence-electron chi connectivity index (χ1n) is 5.89. The van der Waals surface area contributed by atoms with Gasteiger partial charge < -0.3 is 0 Å². The highest BCUT2D eigenvalue weighted by Crippen LogP contribution is 2.20. The Hall–Kier alpha value is -0.380. The lowest BCUT2D eigenvalue weighted by Crippen LogP contribution is -2.09. The van der Waals surface area contributed by atoms with E-state index in [0.29, 0.717) is 5.92 Å². The molecule has 0 radical (unpaired) electrons. The van der Waals surface area contributed by atoms with Crippen LogP contribution < -0.4 is 0 Å². The second-order valence-corrected chi connectivity index (χ2v) is 6.46. The maximum absolute atomic E-state index is 5.90. The summed E-state index contributed by atoms with van der Waals surface area (Å²) in [5.41, 5.74) is 2.45. The number of benzene rings is 1. The van der Waals surface area contributed by atoms with Crippen LogP contribution in [0, 0.1) is 12.8 Å². The van der Waals surface area contributed by atoms with Crippen molar-refractivity contribution in [2.75, 3.05) is 5.33 Å². The molecule has 0 saturated carbocycles. The number of aryl methyl sites for hydroxylation is 1. The number of thiazole rings is 1. The molecule has 96 valence electrons. The zero-order valence-corrected chi connectivity index (χ0v) is 13.4. The number of rotatable bonds is 5. The van der Waals surface area contributed by atoms with E-state index in [9.17, 15) is 0 Å². The molecular weight excluding hydrogens is 330 g/mol. The molecule has 18 heavy (non-hydrogen) atoms. The minimum Gasteiger partial charge on any atom is -0.247 e. The van der Waals surface area contributed by atoms with Gasteiger partial charge in [-0.05, 0) is 37.0 Å². The third-order valence-electron chi connectivity index (χ3n) is 2.79. The van der Waals surface area contributed by atoms with Crippen molar-refractivity contribution in [2.45, 2.75) is 19.8 Å². The Morgan fingerprint density at radius 2 is 2.00 bits per heavy atom. The molecule has 1 unspecified atom stereocenters. The van der Waals surface area contributed by atoms with Gasteiger partial charge >= 0.3 is 0 Å². The van der Waals surface area contributed by atoms with Crippen LogP contribution in [0.25, 0.3) is 0 Å². The number of aromatic nitrogens is 1. The predicted molar refractivity (Wildman–Crippen MR) is 83.0 cm³/mol. The van der Waals surface area contributed by atoms with Gasteiger partial charge in [0.15, 0.2) is 0 Å². The Balaban J connectivity index is 1.99. The first-order valence-corrected chi connectivity index (χ1v) is 8.26. The Bertz CT molecular complexity index is 495. The predicted octanol–water partition coefficient (Wildman–Crippen LogP) is 4.90. The highest BCUT2D eigenvalue weighted by Gasteiger charge is 2.11. The number of nitrogens with zero attached hydrogens (tertiary/aromatic N) is 1. The molecule has 0 bridgehead atoms. The van der Waals surface area contributed by atoms with Gasteiger partial charge in [-0.15, -0.1) is 11.3 Å². The Morgan fingerprint density at radius 1 is 1.28 bits per heavy atom. The quantitative estimate of drug-likeness (QED) is 0.703. The molecule has 0 amide bonds. The van der Waals surface area contributed by atoms with E-state index in [2.05, 4.69) is 38.4 Å². The molecule has 0 fully saturated rings. The number of alkyl halides is 1. The van der Waals surface area contributed by atoms with E-state index < -0.39 is 0 Å². The van der Waals surface area contributed by atoms with Crippen LogP contribution >= 0.6 is 38.9 Å². The number of hydrogen-bond donors (Lipinski definition) is 0.